The molecule has 0 fully saturated rings. The van der Waals surface area contributed by atoms with Crippen molar-refractivity contribution in [3.05, 3.63) is 35.5 Å². The fourth-order valence-electron chi connectivity index (χ4n) is 1.54. The molecule has 0 aliphatic heterocycles. The van der Waals surface area contributed by atoms with Crippen LogP contribution in [-0.4, -0.2) is 22.8 Å². The first-order chi connectivity index (χ1) is 9.08. The van der Waals surface area contributed by atoms with Gasteiger partial charge in [0.05, 0.1) is 7.11 Å². The third kappa shape index (κ3) is 3.38. The fourth-order valence-corrected chi connectivity index (χ4v) is 1.69. The Balaban J connectivity index is 2.00. The lowest BCUT2D eigenvalue weighted by atomic mass is 10.3. The monoisotopic (exact) mass is 280 g/mol. The molecule has 6 nitrogen and oxygen atoms in total. The molecule has 0 saturated carbocycles. The summed E-state index contributed by atoms with van der Waals surface area (Å²) in [5.41, 5.74) is 6.14. The number of benzene rings is 1. The number of rotatable bonds is 4. The Morgan fingerprint density at radius 1 is 1.58 bits per heavy atom. The van der Waals surface area contributed by atoms with Gasteiger partial charge in [-0.1, -0.05) is 17.7 Å². The molecule has 100 valence electrons. The van der Waals surface area contributed by atoms with E-state index in [1.165, 1.54) is 10.9 Å². The van der Waals surface area contributed by atoms with Crippen molar-refractivity contribution in [3.8, 4) is 5.75 Å². The summed E-state index contributed by atoms with van der Waals surface area (Å²) in [7, 11) is 1.56. The van der Waals surface area contributed by atoms with Crippen molar-refractivity contribution in [2.24, 2.45) is 0 Å². The lowest BCUT2D eigenvalue weighted by Crippen LogP contribution is -2.19. The average molecular weight is 281 g/mol. The molecule has 0 aliphatic carbocycles. The van der Waals surface area contributed by atoms with E-state index >= 15 is 0 Å². The van der Waals surface area contributed by atoms with E-state index < -0.39 is 0 Å². The van der Waals surface area contributed by atoms with Crippen LogP contribution in [0.25, 0.3) is 0 Å². The van der Waals surface area contributed by atoms with E-state index in [2.05, 4.69) is 10.4 Å². The van der Waals surface area contributed by atoms with Gasteiger partial charge in [0.25, 0.3) is 0 Å². The van der Waals surface area contributed by atoms with E-state index in [4.69, 9.17) is 22.1 Å². The zero-order chi connectivity index (χ0) is 13.8. The number of methoxy groups -OCH3 is 1. The molecule has 19 heavy (non-hydrogen) atoms. The summed E-state index contributed by atoms with van der Waals surface area (Å²) >= 11 is 5.76. The topological polar surface area (TPSA) is 82.2 Å². The number of nitrogen functional groups attached to an aromatic ring is 1. The predicted molar refractivity (Wildman–Crippen MR) is 73.3 cm³/mol. The minimum atomic E-state index is -0.229. The van der Waals surface area contributed by atoms with Gasteiger partial charge in [-0.15, -0.1) is 0 Å². The molecule has 0 spiro atoms. The lowest BCUT2D eigenvalue weighted by molar-refractivity contribution is -0.116. The lowest BCUT2D eigenvalue weighted by Gasteiger charge is -2.06. The summed E-state index contributed by atoms with van der Waals surface area (Å²) in [6.07, 6.45) is 1.50. The zero-order valence-electron chi connectivity index (χ0n) is 10.3. The van der Waals surface area contributed by atoms with Gasteiger partial charge in [-0.2, -0.15) is 5.10 Å². The summed E-state index contributed by atoms with van der Waals surface area (Å²) in [6, 6.07) is 7.08. The molecule has 1 amide bonds. The number of nitrogens with two attached hydrogens (primary N) is 1. The maximum absolute atomic E-state index is 11.8. The highest BCUT2D eigenvalue weighted by atomic mass is 35.5. The molecule has 1 heterocycles. The van der Waals surface area contributed by atoms with Crippen molar-refractivity contribution in [2.45, 2.75) is 6.54 Å². The molecule has 0 bridgehead atoms. The SMILES string of the molecule is COc1cccc(NC(=O)Cn2cc(Cl)c(N)n2)c1. The minimum absolute atomic E-state index is 0.0358. The van der Waals surface area contributed by atoms with Gasteiger partial charge in [0.1, 0.15) is 17.3 Å². The Labute approximate surface area is 115 Å². The van der Waals surface area contributed by atoms with Gasteiger partial charge in [-0.25, -0.2) is 0 Å². The van der Waals surface area contributed by atoms with Crippen LogP contribution in [0.1, 0.15) is 0 Å². The van der Waals surface area contributed by atoms with Gasteiger partial charge in [-0.05, 0) is 12.1 Å². The summed E-state index contributed by atoms with van der Waals surface area (Å²) in [6.45, 7) is 0.0358. The number of nitrogens with zero attached hydrogens (tertiary/aromatic N) is 2. The fraction of sp³-hybridized carbons (Fsp3) is 0.167. The smallest absolute Gasteiger partial charge is 0.246 e. The van der Waals surface area contributed by atoms with E-state index in [1.807, 2.05) is 0 Å². The highest BCUT2D eigenvalue weighted by Crippen LogP contribution is 2.17. The number of carbonyl (C=O) groups is 1. The number of hydrogen-bond acceptors (Lipinski definition) is 4. The summed E-state index contributed by atoms with van der Waals surface area (Å²) in [5, 5.41) is 6.96. The van der Waals surface area contributed by atoms with Gasteiger partial charge in [0.15, 0.2) is 5.82 Å². The van der Waals surface area contributed by atoms with Crippen LogP contribution in [0.2, 0.25) is 5.02 Å². The van der Waals surface area contributed by atoms with Crippen molar-refractivity contribution in [1.82, 2.24) is 9.78 Å². The number of halogens is 1. The summed E-state index contributed by atoms with van der Waals surface area (Å²) in [5.74, 6) is 0.646. The van der Waals surface area contributed by atoms with E-state index in [-0.39, 0.29) is 18.3 Å². The second-order valence-corrected chi connectivity index (χ2v) is 4.25. The third-order valence-electron chi connectivity index (χ3n) is 2.40. The quantitative estimate of drug-likeness (QED) is 0.894. The first kappa shape index (κ1) is 13.2. The number of ether oxygens (including phenoxy) is 1. The number of anilines is 2. The molecule has 0 radical (unpaired) electrons. The number of nitrogens with one attached hydrogen (secondary N) is 1. The number of aromatic nitrogens is 2. The number of hydrogen-bond donors (Lipinski definition) is 2. The molecule has 2 rings (SSSR count). The Kier molecular flexibility index (Phi) is 3.91. The van der Waals surface area contributed by atoms with Gasteiger partial charge in [0, 0.05) is 18.0 Å². The van der Waals surface area contributed by atoms with Crippen LogP contribution < -0.4 is 15.8 Å². The molecule has 0 saturated heterocycles. The van der Waals surface area contributed by atoms with E-state index in [9.17, 15) is 4.79 Å². The van der Waals surface area contributed by atoms with Crippen LogP contribution in [0.4, 0.5) is 11.5 Å². The van der Waals surface area contributed by atoms with Crippen molar-refractivity contribution in [3.63, 3.8) is 0 Å². The molecule has 0 atom stereocenters. The Hall–Kier alpha value is -2.21. The summed E-state index contributed by atoms with van der Waals surface area (Å²) in [4.78, 5) is 11.8. The molecular formula is C12H13ClN4O2. The number of carbonyl (C=O) groups excluding carboxylic acids is 1. The Bertz CT molecular complexity index is 578. The molecule has 1 aromatic heterocycles. The zero-order valence-corrected chi connectivity index (χ0v) is 11.0. The minimum Gasteiger partial charge on any atom is -0.497 e. The molecule has 2 aromatic rings. The second-order valence-electron chi connectivity index (χ2n) is 3.84. The second kappa shape index (κ2) is 5.62. The largest absolute Gasteiger partial charge is 0.497 e. The first-order valence-electron chi connectivity index (χ1n) is 5.51. The molecule has 7 heteroatoms. The van der Waals surface area contributed by atoms with Crippen molar-refractivity contribution >= 4 is 29.0 Å². The van der Waals surface area contributed by atoms with Gasteiger partial charge in [0.2, 0.25) is 5.91 Å². The standard InChI is InChI=1S/C12H13ClN4O2/c1-19-9-4-2-3-8(5-9)15-11(18)7-17-6-10(13)12(14)16-17/h2-6H,7H2,1H3,(H2,14,16)(H,15,18). The van der Waals surface area contributed by atoms with Crippen molar-refractivity contribution < 1.29 is 9.53 Å². The highest BCUT2D eigenvalue weighted by Gasteiger charge is 2.08. The summed E-state index contributed by atoms with van der Waals surface area (Å²) < 4.78 is 6.45. The van der Waals surface area contributed by atoms with Gasteiger partial charge < -0.3 is 15.8 Å². The average Bonchev–Trinajstić information content (AvgIpc) is 2.68. The third-order valence-corrected chi connectivity index (χ3v) is 2.69. The van der Waals surface area contributed by atoms with Crippen LogP contribution in [-0.2, 0) is 11.3 Å². The Morgan fingerprint density at radius 2 is 2.37 bits per heavy atom. The van der Waals surface area contributed by atoms with Crippen LogP contribution in [0.5, 0.6) is 5.75 Å². The van der Waals surface area contributed by atoms with Crippen LogP contribution in [0.3, 0.4) is 0 Å². The molecule has 0 aliphatic rings. The van der Waals surface area contributed by atoms with Crippen LogP contribution in [0, 0.1) is 0 Å². The molecule has 3 N–H and O–H groups in total. The molecule has 0 unspecified atom stereocenters. The number of amides is 1. The highest BCUT2D eigenvalue weighted by molar-refractivity contribution is 6.32. The maximum atomic E-state index is 11.8. The normalized spacial score (nSPS) is 10.2. The Morgan fingerprint density at radius 3 is 3.00 bits per heavy atom. The molecular weight excluding hydrogens is 268 g/mol. The van der Waals surface area contributed by atoms with Gasteiger partial charge >= 0.3 is 0 Å². The van der Waals surface area contributed by atoms with E-state index in [0.29, 0.717) is 16.5 Å². The maximum Gasteiger partial charge on any atom is 0.246 e. The van der Waals surface area contributed by atoms with Crippen LogP contribution in [0.15, 0.2) is 30.5 Å². The van der Waals surface area contributed by atoms with Gasteiger partial charge in [-0.3, -0.25) is 9.48 Å². The van der Waals surface area contributed by atoms with E-state index in [0.717, 1.165) is 0 Å². The molecule has 1 aromatic carbocycles. The van der Waals surface area contributed by atoms with Crippen molar-refractivity contribution in [2.75, 3.05) is 18.2 Å². The first-order valence-corrected chi connectivity index (χ1v) is 5.88. The van der Waals surface area contributed by atoms with Crippen molar-refractivity contribution in [1.29, 1.82) is 0 Å². The van der Waals surface area contributed by atoms with Crippen LogP contribution >= 0.6 is 11.6 Å². The predicted octanol–water partition coefficient (Wildman–Crippen LogP) is 1.77. The van der Waals surface area contributed by atoms with E-state index in [1.54, 1.807) is 31.4 Å².